The highest BCUT2D eigenvalue weighted by atomic mass is 35.5. The number of rotatable bonds is 7. The Morgan fingerprint density at radius 1 is 1.11 bits per heavy atom. The van der Waals surface area contributed by atoms with Crippen molar-refractivity contribution in [3.05, 3.63) is 57.6 Å². The smallest absolute Gasteiger partial charge is 0.251 e. The molecule has 0 spiro atoms. The van der Waals surface area contributed by atoms with E-state index in [-0.39, 0.29) is 11.9 Å². The fourth-order valence-electron chi connectivity index (χ4n) is 3.54. The van der Waals surface area contributed by atoms with E-state index in [9.17, 15) is 4.79 Å². The van der Waals surface area contributed by atoms with Crippen molar-refractivity contribution in [2.24, 2.45) is 0 Å². The Bertz CT molecular complexity index is 815. The summed E-state index contributed by atoms with van der Waals surface area (Å²) in [5.41, 5.74) is 1.52. The zero-order chi connectivity index (χ0) is 20.1. The first-order valence-corrected chi connectivity index (χ1v) is 9.98. The van der Waals surface area contributed by atoms with Crippen molar-refractivity contribution in [2.75, 3.05) is 33.9 Å². The monoisotopic (exact) mass is 422 g/mol. The van der Waals surface area contributed by atoms with E-state index in [1.54, 1.807) is 19.2 Å². The van der Waals surface area contributed by atoms with Gasteiger partial charge in [-0.25, -0.2) is 0 Å². The maximum absolute atomic E-state index is 12.7. The van der Waals surface area contributed by atoms with Gasteiger partial charge in [0.25, 0.3) is 5.91 Å². The average molecular weight is 423 g/mol. The van der Waals surface area contributed by atoms with Crippen molar-refractivity contribution >= 4 is 29.1 Å². The number of halogens is 2. The topological polar surface area (TPSA) is 50.8 Å². The van der Waals surface area contributed by atoms with Gasteiger partial charge in [0.1, 0.15) is 5.75 Å². The van der Waals surface area contributed by atoms with E-state index in [1.165, 1.54) is 7.11 Å². The summed E-state index contributed by atoms with van der Waals surface area (Å²) in [6.07, 6.45) is 2.33. The summed E-state index contributed by atoms with van der Waals surface area (Å²) < 4.78 is 10.5. The number of amides is 1. The maximum Gasteiger partial charge on any atom is 0.251 e. The summed E-state index contributed by atoms with van der Waals surface area (Å²) >= 11 is 12.3. The zero-order valence-electron chi connectivity index (χ0n) is 16.0. The third-order valence-corrected chi connectivity index (χ3v) is 5.54. The second-order valence-corrected chi connectivity index (χ2v) is 7.53. The maximum atomic E-state index is 12.7. The van der Waals surface area contributed by atoms with Crippen molar-refractivity contribution < 1.29 is 14.3 Å². The van der Waals surface area contributed by atoms with E-state index in [0.29, 0.717) is 27.9 Å². The number of hydrogen-bond acceptors (Lipinski definition) is 4. The number of carbonyl (C=O) groups is 1. The molecule has 1 aliphatic rings. The molecule has 1 aliphatic heterocycles. The molecule has 7 heteroatoms. The van der Waals surface area contributed by atoms with Crippen molar-refractivity contribution in [3.8, 4) is 11.5 Å². The van der Waals surface area contributed by atoms with Gasteiger partial charge in [-0.2, -0.15) is 0 Å². The van der Waals surface area contributed by atoms with Crippen LogP contribution in [0.1, 0.15) is 34.8 Å². The van der Waals surface area contributed by atoms with E-state index in [0.717, 1.165) is 37.2 Å². The van der Waals surface area contributed by atoms with Crippen LogP contribution in [0.5, 0.6) is 11.5 Å². The molecule has 1 heterocycles. The molecule has 2 aromatic rings. The van der Waals surface area contributed by atoms with Crippen LogP contribution in [0.3, 0.4) is 0 Å². The van der Waals surface area contributed by atoms with Gasteiger partial charge in [-0.1, -0.05) is 35.3 Å². The van der Waals surface area contributed by atoms with Crippen LogP contribution in [-0.4, -0.2) is 44.7 Å². The van der Waals surface area contributed by atoms with Gasteiger partial charge < -0.3 is 14.8 Å². The van der Waals surface area contributed by atoms with Gasteiger partial charge in [0.15, 0.2) is 5.75 Å². The summed E-state index contributed by atoms with van der Waals surface area (Å²) in [4.78, 5) is 15.1. The van der Waals surface area contributed by atoms with E-state index in [4.69, 9.17) is 32.7 Å². The van der Waals surface area contributed by atoms with Crippen LogP contribution in [0.25, 0.3) is 0 Å². The van der Waals surface area contributed by atoms with Crippen molar-refractivity contribution in [1.29, 1.82) is 0 Å². The lowest BCUT2D eigenvalue weighted by atomic mass is 10.0. The van der Waals surface area contributed by atoms with E-state index >= 15 is 0 Å². The molecule has 1 fully saturated rings. The van der Waals surface area contributed by atoms with Gasteiger partial charge >= 0.3 is 0 Å². The van der Waals surface area contributed by atoms with E-state index in [1.807, 2.05) is 18.2 Å². The zero-order valence-corrected chi connectivity index (χ0v) is 17.5. The third kappa shape index (κ3) is 4.72. The standard InChI is InChI=1S/C21H24Cl2N2O3/c1-27-16-7-5-6-14(10-16)19(25-8-3-4-9-25)13-24-21(26)15-11-17(22)20(28-2)18(23)12-15/h5-7,10-12,19H,3-4,8-9,13H2,1-2H3,(H,24,26). The number of nitrogens with zero attached hydrogens (tertiary/aromatic N) is 1. The highest BCUT2D eigenvalue weighted by molar-refractivity contribution is 6.37. The first-order chi connectivity index (χ1) is 13.5. The molecule has 0 aromatic heterocycles. The molecule has 3 rings (SSSR count). The van der Waals surface area contributed by atoms with Crippen molar-refractivity contribution in [3.63, 3.8) is 0 Å². The average Bonchev–Trinajstić information content (AvgIpc) is 3.22. The number of benzene rings is 2. The first kappa shape index (κ1) is 20.8. The van der Waals surface area contributed by atoms with Gasteiger partial charge in [-0.05, 0) is 55.8 Å². The van der Waals surface area contributed by atoms with Gasteiger partial charge in [0, 0.05) is 12.1 Å². The minimum Gasteiger partial charge on any atom is -0.497 e. The summed E-state index contributed by atoms with van der Waals surface area (Å²) in [6.45, 7) is 2.50. The Morgan fingerprint density at radius 3 is 2.39 bits per heavy atom. The normalized spacial score (nSPS) is 15.3. The summed E-state index contributed by atoms with van der Waals surface area (Å²) in [5, 5.41) is 3.64. The minimum absolute atomic E-state index is 0.0748. The van der Waals surface area contributed by atoms with Gasteiger partial charge in [-0.3, -0.25) is 9.69 Å². The lowest BCUT2D eigenvalue weighted by Crippen LogP contribution is -2.36. The molecule has 1 unspecified atom stereocenters. The molecule has 1 saturated heterocycles. The molecular formula is C21H24Cl2N2O3. The molecule has 5 nitrogen and oxygen atoms in total. The number of ether oxygens (including phenoxy) is 2. The largest absolute Gasteiger partial charge is 0.497 e. The van der Waals surface area contributed by atoms with Gasteiger partial charge in [0.05, 0.1) is 30.3 Å². The van der Waals surface area contributed by atoms with E-state index < -0.39 is 0 Å². The van der Waals surface area contributed by atoms with Crippen LogP contribution >= 0.6 is 23.2 Å². The Morgan fingerprint density at radius 2 is 1.79 bits per heavy atom. The Kier molecular flexibility index (Phi) is 7.05. The molecule has 0 radical (unpaired) electrons. The fraction of sp³-hybridized carbons (Fsp3) is 0.381. The molecule has 2 aromatic carbocycles. The number of nitrogens with one attached hydrogen (secondary N) is 1. The Hall–Kier alpha value is -1.95. The predicted octanol–water partition coefficient (Wildman–Crippen LogP) is 4.58. The molecule has 28 heavy (non-hydrogen) atoms. The first-order valence-electron chi connectivity index (χ1n) is 9.22. The second-order valence-electron chi connectivity index (χ2n) is 6.72. The SMILES string of the molecule is COc1cccc(C(CNC(=O)c2cc(Cl)c(OC)c(Cl)c2)N2CCCC2)c1. The molecule has 1 amide bonds. The molecular weight excluding hydrogens is 399 g/mol. The summed E-state index contributed by atoms with van der Waals surface area (Å²) in [7, 11) is 3.14. The van der Waals surface area contributed by atoms with Crippen LogP contribution in [0.15, 0.2) is 36.4 Å². The lowest BCUT2D eigenvalue weighted by Gasteiger charge is -2.28. The lowest BCUT2D eigenvalue weighted by molar-refractivity contribution is 0.0938. The van der Waals surface area contributed by atoms with Crippen LogP contribution in [0.2, 0.25) is 10.0 Å². The molecule has 150 valence electrons. The summed E-state index contributed by atoms with van der Waals surface area (Å²) in [5.74, 6) is 0.950. The molecule has 1 N–H and O–H groups in total. The number of hydrogen-bond donors (Lipinski definition) is 1. The van der Waals surface area contributed by atoms with Crippen LogP contribution in [0, 0.1) is 0 Å². The molecule has 0 aliphatic carbocycles. The van der Waals surface area contributed by atoms with Gasteiger partial charge in [-0.15, -0.1) is 0 Å². The predicted molar refractivity (Wildman–Crippen MR) is 112 cm³/mol. The second kappa shape index (κ2) is 9.50. The molecule has 1 atom stereocenters. The quantitative estimate of drug-likeness (QED) is 0.709. The third-order valence-electron chi connectivity index (χ3n) is 4.98. The molecule has 0 saturated carbocycles. The fourth-order valence-corrected chi connectivity index (χ4v) is 4.18. The number of likely N-dealkylation sites (tertiary alicyclic amines) is 1. The van der Waals surface area contributed by atoms with Gasteiger partial charge in [0.2, 0.25) is 0 Å². The number of carbonyl (C=O) groups excluding carboxylic acids is 1. The summed E-state index contributed by atoms with van der Waals surface area (Å²) in [6, 6.07) is 11.2. The van der Waals surface area contributed by atoms with Crippen molar-refractivity contribution in [2.45, 2.75) is 18.9 Å². The highest BCUT2D eigenvalue weighted by Crippen LogP contribution is 2.34. The van der Waals surface area contributed by atoms with Crippen LogP contribution in [-0.2, 0) is 0 Å². The minimum atomic E-state index is -0.224. The van der Waals surface area contributed by atoms with Crippen LogP contribution < -0.4 is 14.8 Å². The Labute approximate surface area is 175 Å². The highest BCUT2D eigenvalue weighted by Gasteiger charge is 2.25. The van der Waals surface area contributed by atoms with E-state index in [2.05, 4.69) is 16.3 Å². The molecule has 0 bridgehead atoms. The number of methoxy groups -OCH3 is 2. The van der Waals surface area contributed by atoms with Crippen LogP contribution in [0.4, 0.5) is 0 Å². The Balaban J connectivity index is 1.77. The van der Waals surface area contributed by atoms with Crippen molar-refractivity contribution in [1.82, 2.24) is 10.2 Å².